The second-order valence-corrected chi connectivity index (χ2v) is 5.44. The van der Waals surface area contributed by atoms with Crippen molar-refractivity contribution in [3.63, 3.8) is 0 Å². The average molecular weight is 351 g/mol. The molecule has 0 spiro atoms. The summed E-state index contributed by atoms with van der Waals surface area (Å²) in [6, 6.07) is 7.35. The number of methoxy groups -OCH3 is 1. The van der Waals surface area contributed by atoms with Crippen molar-refractivity contribution in [2.45, 2.75) is 19.8 Å². The molecule has 3 rings (SSSR count). The molecule has 0 aliphatic heterocycles. The standard InChI is InChI=1S/C16H18N4O3.ClH/c1-8-12(15(21)19-17-8)14(13-9(2)18-20-16(13)22)10-4-6-11(23-3)7-5-10;/h4-7,14H,1-3H3,(H2,17,19,21)(H2,18,20,22);1H. The van der Waals surface area contributed by atoms with Gasteiger partial charge in [-0.3, -0.25) is 19.8 Å². The van der Waals surface area contributed by atoms with E-state index in [2.05, 4.69) is 20.4 Å². The molecule has 8 heteroatoms. The molecule has 128 valence electrons. The van der Waals surface area contributed by atoms with Crippen molar-refractivity contribution in [2.75, 3.05) is 7.11 Å². The lowest BCUT2D eigenvalue weighted by Gasteiger charge is -2.16. The summed E-state index contributed by atoms with van der Waals surface area (Å²) < 4.78 is 5.18. The molecule has 0 fully saturated rings. The van der Waals surface area contributed by atoms with E-state index in [1.54, 1.807) is 21.0 Å². The van der Waals surface area contributed by atoms with E-state index in [1.165, 1.54) is 0 Å². The molecule has 4 N–H and O–H groups in total. The molecule has 0 atom stereocenters. The molecule has 0 aliphatic carbocycles. The van der Waals surface area contributed by atoms with Gasteiger partial charge in [-0.2, -0.15) is 0 Å². The summed E-state index contributed by atoms with van der Waals surface area (Å²) >= 11 is 0. The van der Waals surface area contributed by atoms with Crippen LogP contribution < -0.4 is 15.9 Å². The number of aromatic amines is 4. The number of aryl methyl sites for hydroxylation is 2. The Bertz CT molecular complexity index is 879. The van der Waals surface area contributed by atoms with Crippen LogP contribution in [-0.2, 0) is 0 Å². The van der Waals surface area contributed by atoms with E-state index in [0.29, 0.717) is 28.3 Å². The van der Waals surface area contributed by atoms with E-state index in [4.69, 9.17) is 4.74 Å². The van der Waals surface area contributed by atoms with Crippen LogP contribution in [0.1, 0.15) is 34.0 Å². The SMILES string of the molecule is COc1ccc(C(c2c(C)[nH][nH]c2=O)c2c(C)[nH][nH]c2=O)cc1.Cl. The normalized spacial score (nSPS) is 10.7. The number of halogens is 1. The maximum Gasteiger partial charge on any atom is 0.268 e. The van der Waals surface area contributed by atoms with Gasteiger partial charge in [0.05, 0.1) is 18.2 Å². The van der Waals surface area contributed by atoms with Crippen molar-refractivity contribution in [3.05, 3.63) is 73.1 Å². The third kappa shape index (κ3) is 2.90. The Morgan fingerprint density at radius 3 is 1.62 bits per heavy atom. The molecule has 3 aromatic rings. The number of nitrogens with one attached hydrogen (secondary N) is 4. The Morgan fingerprint density at radius 1 is 0.833 bits per heavy atom. The Kier molecular flexibility index (Phi) is 5.04. The Hall–Kier alpha value is -2.67. The first-order chi connectivity index (χ1) is 11.0. The molecule has 7 nitrogen and oxygen atoms in total. The van der Waals surface area contributed by atoms with Crippen LogP contribution >= 0.6 is 12.4 Å². The van der Waals surface area contributed by atoms with Crippen LogP contribution in [0.4, 0.5) is 0 Å². The summed E-state index contributed by atoms with van der Waals surface area (Å²) in [5, 5.41) is 10.8. The molecule has 0 radical (unpaired) electrons. The van der Waals surface area contributed by atoms with E-state index >= 15 is 0 Å². The highest BCUT2D eigenvalue weighted by molar-refractivity contribution is 5.85. The number of benzene rings is 1. The van der Waals surface area contributed by atoms with Crippen LogP contribution in [0.3, 0.4) is 0 Å². The highest BCUT2D eigenvalue weighted by Gasteiger charge is 2.27. The summed E-state index contributed by atoms with van der Waals surface area (Å²) in [5.41, 5.74) is 2.84. The molecule has 0 amide bonds. The van der Waals surface area contributed by atoms with Gasteiger partial charge in [-0.15, -0.1) is 12.4 Å². The highest BCUT2D eigenvalue weighted by atomic mass is 35.5. The quantitative estimate of drug-likeness (QED) is 0.577. The van der Waals surface area contributed by atoms with Crippen molar-refractivity contribution in [3.8, 4) is 5.75 Å². The van der Waals surface area contributed by atoms with E-state index in [1.807, 2.05) is 24.3 Å². The smallest absolute Gasteiger partial charge is 0.268 e. The van der Waals surface area contributed by atoms with Gasteiger partial charge >= 0.3 is 0 Å². The van der Waals surface area contributed by atoms with Crippen molar-refractivity contribution < 1.29 is 4.74 Å². The second-order valence-electron chi connectivity index (χ2n) is 5.44. The predicted molar refractivity (Wildman–Crippen MR) is 93.5 cm³/mol. The van der Waals surface area contributed by atoms with Crippen molar-refractivity contribution >= 4 is 12.4 Å². The molecule has 2 aromatic heterocycles. The average Bonchev–Trinajstić information content (AvgIpc) is 3.05. The van der Waals surface area contributed by atoms with Gasteiger partial charge < -0.3 is 14.9 Å². The van der Waals surface area contributed by atoms with Gasteiger partial charge in [-0.1, -0.05) is 12.1 Å². The fourth-order valence-electron chi connectivity index (χ4n) is 2.88. The first kappa shape index (κ1) is 17.7. The first-order valence-electron chi connectivity index (χ1n) is 7.21. The lowest BCUT2D eigenvalue weighted by molar-refractivity contribution is 0.414. The van der Waals surface area contributed by atoms with Crippen molar-refractivity contribution in [1.82, 2.24) is 20.4 Å². The van der Waals surface area contributed by atoms with Crippen LogP contribution in [0.2, 0.25) is 0 Å². The molecular weight excluding hydrogens is 332 g/mol. The Morgan fingerprint density at radius 2 is 1.29 bits per heavy atom. The molecule has 24 heavy (non-hydrogen) atoms. The fourth-order valence-corrected chi connectivity index (χ4v) is 2.88. The molecule has 2 heterocycles. The van der Waals surface area contributed by atoms with Crippen molar-refractivity contribution in [2.24, 2.45) is 0 Å². The number of hydrogen-bond donors (Lipinski definition) is 4. The molecular formula is C16H19ClN4O3. The van der Waals surface area contributed by atoms with Gasteiger partial charge in [0, 0.05) is 17.3 Å². The third-order valence-electron chi connectivity index (χ3n) is 4.05. The molecule has 0 saturated heterocycles. The van der Waals surface area contributed by atoms with Gasteiger partial charge in [0.25, 0.3) is 11.1 Å². The van der Waals surface area contributed by atoms with Crippen LogP contribution in [0, 0.1) is 13.8 Å². The van der Waals surface area contributed by atoms with Crippen LogP contribution in [0.5, 0.6) is 5.75 Å². The molecule has 0 aliphatic rings. The summed E-state index contributed by atoms with van der Waals surface area (Å²) in [7, 11) is 1.59. The summed E-state index contributed by atoms with van der Waals surface area (Å²) in [4.78, 5) is 24.5. The van der Waals surface area contributed by atoms with Gasteiger partial charge in [0.1, 0.15) is 5.75 Å². The Labute approximate surface area is 143 Å². The highest BCUT2D eigenvalue weighted by Crippen LogP contribution is 2.31. The zero-order chi connectivity index (χ0) is 16.6. The monoisotopic (exact) mass is 350 g/mol. The summed E-state index contributed by atoms with van der Waals surface area (Å²) in [6.45, 7) is 3.61. The molecule has 0 bridgehead atoms. The van der Waals surface area contributed by atoms with Crippen LogP contribution in [-0.4, -0.2) is 27.5 Å². The maximum atomic E-state index is 12.3. The first-order valence-corrected chi connectivity index (χ1v) is 7.21. The summed E-state index contributed by atoms with van der Waals surface area (Å²) in [5.74, 6) is 0.248. The van der Waals surface area contributed by atoms with Crippen molar-refractivity contribution in [1.29, 1.82) is 0 Å². The van der Waals surface area contributed by atoms with E-state index in [-0.39, 0.29) is 23.5 Å². The van der Waals surface area contributed by atoms with Crippen LogP contribution in [0.25, 0.3) is 0 Å². The molecule has 1 aromatic carbocycles. The Balaban J connectivity index is 0.00000208. The molecule has 0 unspecified atom stereocenters. The lowest BCUT2D eigenvalue weighted by atomic mass is 9.85. The lowest BCUT2D eigenvalue weighted by Crippen LogP contribution is -2.20. The van der Waals surface area contributed by atoms with Gasteiger partial charge in [0.2, 0.25) is 0 Å². The topological polar surface area (TPSA) is 107 Å². The molecule has 0 saturated carbocycles. The van der Waals surface area contributed by atoms with Gasteiger partial charge in [-0.05, 0) is 31.5 Å². The minimum atomic E-state index is -0.467. The van der Waals surface area contributed by atoms with Crippen LogP contribution in [0.15, 0.2) is 33.9 Å². The number of hydrogen-bond acceptors (Lipinski definition) is 3. The predicted octanol–water partition coefficient (Wildman–Crippen LogP) is 1.95. The number of H-pyrrole nitrogens is 4. The third-order valence-corrected chi connectivity index (χ3v) is 4.05. The number of rotatable bonds is 4. The van der Waals surface area contributed by atoms with E-state index in [9.17, 15) is 9.59 Å². The fraction of sp³-hybridized carbons (Fsp3) is 0.250. The van der Waals surface area contributed by atoms with E-state index < -0.39 is 5.92 Å². The zero-order valence-electron chi connectivity index (χ0n) is 13.5. The number of aromatic nitrogens is 4. The minimum absolute atomic E-state index is 0. The maximum absolute atomic E-state index is 12.3. The zero-order valence-corrected chi connectivity index (χ0v) is 14.3. The minimum Gasteiger partial charge on any atom is -0.497 e. The largest absolute Gasteiger partial charge is 0.497 e. The van der Waals surface area contributed by atoms with Gasteiger partial charge in [0.15, 0.2) is 0 Å². The second kappa shape index (κ2) is 6.84. The van der Waals surface area contributed by atoms with Gasteiger partial charge in [-0.25, -0.2) is 0 Å². The van der Waals surface area contributed by atoms with E-state index in [0.717, 1.165) is 5.56 Å². The summed E-state index contributed by atoms with van der Waals surface area (Å²) in [6.07, 6.45) is 0. The number of ether oxygens (including phenoxy) is 1.